The van der Waals surface area contributed by atoms with E-state index >= 15 is 0 Å². The summed E-state index contributed by atoms with van der Waals surface area (Å²) in [4.78, 5) is 11.8. The number of methoxy groups -OCH3 is 1. The molecule has 4 nitrogen and oxygen atoms in total. The second-order valence-electron chi connectivity index (χ2n) is 5.32. The van der Waals surface area contributed by atoms with E-state index in [1.807, 2.05) is 0 Å². The van der Waals surface area contributed by atoms with E-state index in [4.69, 9.17) is 4.74 Å². The van der Waals surface area contributed by atoms with Gasteiger partial charge in [0.2, 0.25) is 0 Å². The van der Waals surface area contributed by atoms with Crippen molar-refractivity contribution < 1.29 is 9.53 Å². The van der Waals surface area contributed by atoms with Crippen molar-refractivity contribution in [2.45, 2.75) is 69.6 Å². The number of hydrogen-bond donors (Lipinski definition) is 2. The molecule has 0 aromatic carbocycles. The van der Waals surface area contributed by atoms with Gasteiger partial charge in [-0.05, 0) is 32.1 Å². The molecule has 98 valence electrons. The molecule has 0 spiro atoms. The Morgan fingerprint density at radius 3 is 2.35 bits per heavy atom. The summed E-state index contributed by atoms with van der Waals surface area (Å²) in [5, 5.41) is 6.15. The van der Waals surface area contributed by atoms with Crippen LogP contribution in [0.4, 0.5) is 4.79 Å². The lowest BCUT2D eigenvalue weighted by Crippen LogP contribution is -2.46. The van der Waals surface area contributed by atoms with E-state index in [-0.39, 0.29) is 6.03 Å². The quantitative estimate of drug-likeness (QED) is 0.794. The molecule has 4 heteroatoms. The van der Waals surface area contributed by atoms with Crippen molar-refractivity contribution in [3.8, 4) is 0 Å². The van der Waals surface area contributed by atoms with Crippen LogP contribution < -0.4 is 10.6 Å². The topological polar surface area (TPSA) is 50.4 Å². The lowest BCUT2D eigenvalue weighted by atomic mass is 9.96. The molecular weight excluding hydrogens is 216 g/mol. The lowest BCUT2D eigenvalue weighted by molar-refractivity contribution is 0.107. The third-order valence-corrected chi connectivity index (χ3v) is 3.99. The average Bonchev–Trinajstić information content (AvgIpc) is 2.78. The van der Waals surface area contributed by atoms with Gasteiger partial charge in [-0.15, -0.1) is 0 Å². The van der Waals surface area contributed by atoms with Crippen molar-refractivity contribution in [3.05, 3.63) is 0 Å². The Hall–Kier alpha value is -0.770. The fourth-order valence-corrected chi connectivity index (χ4v) is 2.94. The molecule has 2 N–H and O–H groups in total. The predicted molar refractivity (Wildman–Crippen MR) is 67.0 cm³/mol. The molecule has 2 rings (SSSR count). The fourth-order valence-electron chi connectivity index (χ4n) is 2.94. The van der Waals surface area contributed by atoms with Gasteiger partial charge in [-0.3, -0.25) is 0 Å². The van der Waals surface area contributed by atoms with Crippen LogP contribution in [0.1, 0.15) is 51.4 Å². The Bertz CT molecular complexity index is 252. The van der Waals surface area contributed by atoms with Gasteiger partial charge >= 0.3 is 6.03 Å². The van der Waals surface area contributed by atoms with E-state index in [1.165, 1.54) is 19.3 Å². The SMILES string of the molecule is COC1CCC(NC(=O)NC2CCCCC2)C1. The van der Waals surface area contributed by atoms with E-state index in [1.54, 1.807) is 7.11 Å². The van der Waals surface area contributed by atoms with Crippen molar-refractivity contribution in [2.75, 3.05) is 7.11 Å². The van der Waals surface area contributed by atoms with E-state index in [9.17, 15) is 4.79 Å². The molecule has 0 aromatic rings. The predicted octanol–water partition coefficient (Wildman–Crippen LogP) is 2.19. The molecular formula is C13H24N2O2. The van der Waals surface area contributed by atoms with Crippen LogP contribution in [-0.4, -0.2) is 31.3 Å². The summed E-state index contributed by atoms with van der Waals surface area (Å²) in [7, 11) is 1.75. The van der Waals surface area contributed by atoms with Crippen molar-refractivity contribution >= 4 is 6.03 Å². The fraction of sp³-hybridized carbons (Fsp3) is 0.923. The van der Waals surface area contributed by atoms with Crippen LogP contribution in [0.15, 0.2) is 0 Å². The zero-order valence-electron chi connectivity index (χ0n) is 10.7. The molecule has 0 aliphatic heterocycles. The van der Waals surface area contributed by atoms with E-state index in [2.05, 4.69) is 10.6 Å². The smallest absolute Gasteiger partial charge is 0.315 e. The highest BCUT2D eigenvalue weighted by Gasteiger charge is 2.26. The number of nitrogens with one attached hydrogen (secondary N) is 2. The minimum atomic E-state index is 0.0126. The molecule has 2 atom stereocenters. The molecule has 0 bridgehead atoms. The van der Waals surface area contributed by atoms with Gasteiger partial charge in [-0.25, -0.2) is 4.79 Å². The maximum atomic E-state index is 11.8. The Balaban J connectivity index is 1.66. The standard InChI is InChI=1S/C13H24N2O2/c1-17-12-8-7-11(9-12)15-13(16)14-10-5-3-2-4-6-10/h10-12H,2-9H2,1H3,(H2,14,15,16). The summed E-state index contributed by atoms with van der Waals surface area (Å²) in [6.45, 7) is 0. The lowest BCUT2D eigenvalue weighted by Gasteiger charge is -2.24. The Labute approximate surface area is 103 Å². The Kier molecular flexibility index (Phi) is 4.66. The van der Waals surface area contributed by atoms with Crippen LogP contribution in [0.3, 0.4) is 0 Å². The number of ether oxygens (including phenoxy) is 1. The molecule has 2 fully saturated rings. The minimum absolute atomic E-state index is 0.0126. The molecule has 2 saturated carbocycles. The Morgan fingerprint density at radius 2 is 1.71 bits per heavy atom. The number of hydrogen-bond acceptors (Lipinski definition) is 2. The Morgan fingerprint density at radius 1 is 1.00 bits per heavy atom. The second kappa shape index (κ2) is 6.24. The molecule has 2 amide bonds. The molecule has 0 radical (unpaired) electrons. The van der Waals surface area contributed by atoms with Gasteiger partial charge in [0.25, 0.3) is 0 Å². The normalized spacial score (nSPS) is 30.2. The largest absolute Gasteiger partial charge is 0.381 e. The maximum absolute atomic E-state index is 11.8. The summed E-state index contributed by atoms with van der Waals surface area (Å²) in [6, 6.07) is 0.700. The maximum Gasteiger partial charge on any atom is 0.315 e. The molecule has 0 saturated heterocycles. The molecule has 2 unspecified atom stereocenters. The average molecular weight is 240 g/mol. The highest BCUT2D eigenvalue weighted by atomic mass is 16.5. The number of urea groups is 1. The van der Waals surface area contributed by atoms with Crippen LogP contribution in [0, 0.1) is 0 Å². The highest BCUT2D eigenvalue weighted by Crippen LogP contribution is 2.21. The van der Waals surface area contributed by atoms with E-state index < -0.39 is 0 Å². The zero-order valence-corrected chi connectivity index (χ0v) is 10.7. The summed E-state index contributed by atoms with van der Waals surface area (Å²) < 4.78 is 5.30. The van der Waals surface area contributed by atoms with Crippen LogP contribution in [0.25, 0.3) is 0 Å². The summed E-state index contributed by atoms with van der Waals surface area (Å²) in [5.41, 5.74) is 0. The van der Waals surface area contributed by atoms with E-state index in [0.717, 1.165) is 32.1 Å². The first kappa shape index (κ1) is 12.7. The van der Waals surface area contributed by atoms with Crippen molar-refractivity contribution in [1.29, 1.82) is 0 Å². The van der Waals surface area contributed by atoms with Gasteiger partial charge in [0, 0.05) is 19.2 Å². The number of amides is 2. The van der Waals surface area contributed by atoms with Crippen LogP contribution >= 0.6 is 0 Å². The van der Waals surface area contributed by atoms with Gasteiger partial charge < -0.3 is 15.4 Å². The molecule has 17 heavy (non-hydrogen) atoms. The van der Waals surface area contributed by atoms with Gasteiger partial charge in [-0.1, -0.05) is 19.3 Å². The molecule has 2 aliphatic rings. The van der Waals surface area contributed by atoms with Gasteiger partial charge in [0.15, 0.2) is 0 Å². The van der Waals surface area contributed by atoms with Gasteiger partial charge in [-0.2, -0.15) is 0 Å². The number of rotatable bonds is 3. The monoisotopic (exact) mass is 240 g/mol. The van der Waals surface area contributed by atoms with Gasteiger partial charge in [0.05, 0.1) is 6.10 Å². The number of carbonyl (C=O) groups is 1. The summed E-state index contributed by atoms with van der Waals surface area (Å²) >= 11 is 0. The van der Waals surface area contributed by atoms with Crippen LogP contribution in [0.2, 0.25) is 0 Å². The third-order valence-electron chi connectivity index (χ3n) is 3.99. The molecule has 2 aliphatic carbocycles. The number of carbonyl (C=O) groups excluding carboxylic acids is 1. The first-order valence-corrected chi connectivity index (χ1v) is 6.87. The first-order chi connectivity index (χ1) is 8.28. The van der Waals surface area contributed by atoms with Crippen LogP contribution in [0.5, 0.6) is 0 Å². The third kappa shape index (κ3) is 3.87. The second-order valence-corrected chi connectivity index (χ2v) is 5.32. The van der Waals surface area contributed by atoms with E-state index in [0.29, 0.717) is 18.2 Å². The highest BCUT2D eigenvalue weighted by molar-refractivity contribution is 5.74. The van der Waals surface area contributed by atoms with Crippen molar-refractivity contribution in [1.82, 2.24) is 10.6 Å². The molecule has 0 heterocycles. The van der Waals surface area contributed by atoms with Crippen LogP contribution in [-0.2, 0) is 4.74 Å². The van der Waals surface area contributed by atoms with Gasteiger partial charge in [0.1, 0.15) is 0 Å². The van der Waals surface area contributed by atoms with Crippen molar-refractivity contribution in [3.63, 3.8) is 0 Å². The first-order valence-electron chi connectivity index (χ1n) is 6.87. The summed E-state index contributed by atoms with van der Waals surface area (Å²) in [5.74, 6) is 0. The summed E-state index contributed by atoms with van der Waals surface area (Å²) in [6.07, 6.45) is 9.47. The molecule has 0 aromatic heterocycles. The minimum Gasteiger partial charge on any atom is -0.381 e. The van der Waals surface area contributed by atoms with Crippen molar-refractivity contribution in [2.24, 2.45) is 0 Å². The zero-order chi connectivity index (χ0) is 12.1.